The summed E-state index contributed by atoms with van der Waals surface area (Å²) in [6.45, 7) is 0.417. The number of halogens is 1. The number of fused-ring (bicyclic) bond motifs is 2. The van der Waals surface area contributed by atoms with E-state index in [2.05, 4.69) is 26.3 Å². The molecule has 0 aliphatic carbocycles. The summed E-state index contributed by atoms with van der Waals surface area (Å²) < 4.78 is 4.11. The van der Waals surface area contributed by atoms with Crippen LogP contribution in [0.3, 0.4) is 0 Å². The lowest BCUT2D eigenvalue weighted by atomic mass is 10.1. The molecule has 5 rings (SSSR count). The minimum atomic E-state index is -0.299. The molecule has 2 heterocycles. The Morgan fingerprint density at radius 2 is 1.46 bits per heavy atom. The monoisotopic (exact) mass is 578 g/mol. The van der Waals surface area contributed by atoms with Crippen LogP contribution < -0.4 is 16.4 Å². The zero-order valence-corrected chi connectivity index (χ0v) is 21.9. The van der Waals surface area contributed by atoms with E-state index < -0.39 is 0 Å². The average molecular weight is 578 g/mol. The van der Waals surface area contributed by atoms with Crippen molar-refractivity contribution in [1.29, 1.82) is 0 Å². The smallest absolute Gasteiger partial charge is 0.323 e. The zero-order chi connectivity index (χ0) is 23.7. The number of aromatic nitrogens is 2. The molecule has 0 bridgehead atoms. The van der Waals surface area contributed by atoms with E-state index in [0.717, 1.165) is 38.6 Å². The molecule has 0 fully saturated rings. The maximum absolute atomic E-state index is 12.5. The first kappa shape index (κ1) is 24.3. The van der Waals surface area contributed by atoms with Crippen LogP contribution in [0.2, 0.25) is 0 Å². The first-order valence-electron chi connectivity index (χ1n) is 11.0. The Morgan fingerprint density at radius 1 is 0.829 bits per heavy atom. The summed E-state index contributed by atoms with van der Waals surface area (Å²) in [5.74, 6) is 0.484. The van der Waals surface area contributed by atoms with Crippen molar-refractivity contribution in [3.8, 4) is 0 Å². The number of carbonyl (C=O) groups is 1. The molecule has 2 aromatic heterocycles. The van der Waals surface area contributed by atoms with Gasteiger partial charge in [0.2, 0.25) is 0 Å². The van der Waals surface area contributed by atoms with Crippen LogP contribution in [0.25, 0.3) is 21.8 Å². The van der Waals surface area contributed by atoms with Gasteiger partial charge in [-0.25, -0.2) is 4.79 Å². The molecule has 5 aromatic rings. The van der Waals surface area contributed by atoms with Crippen molar-refractivity contribution in [2.75, 3.05) is 10.6 Å². The number of rotatable bonds is 5. The molecule has 0 aliphatic heterocycles. The molecule has 8 heteroatoms. The first-order chi connectivity index (χ1) is 16.5. The molecule has 0 saturated carbocycles. The van der Waals surface area contributed by atoms with Crippen LogP contribution in [0.15, 0.2) is 90.2 Å². The predicted octanol–water partition coefficient (Wildman–Crippen LogP) is 5.84. The van der Waals surface area contributed by atoms with Gasteiger partial charge in [-0.05, 0) is 66.2 Å². The van der Waals surface area contributed by atoms with Crippen molar-refractivity contribution in [3.63, 3.8) is 0 Å². The van der Waals surface area contributed by atoms with Gasteiger partial charge in [0.05, 0.1) is 6.54 Å². The molecule has 3 aromatic carbocycles. The molecule has 0 unspecified atom stereocenters. The fraction of sp³-hybridized carbons (Fsp3) is 0.111. The van der Waals surface area contributed by atoms with Gasteiger partial charge in [0.25, 0.3) is 0 Å². The molecule has 0 saturated heterocycles. The fourth-order valence-corrected chi connectivity index (χ4v) is 4.11. The standard InChI is InChI=1S/C27H26N6O.HI/c1-32-12-10-19-15-21(6-8-24(19)32)26(28)29-17-18-4-3-5-22(14-18)30-27(34)31-23-7-9-25-20(16-23)11-13-33(25)2;/h3-16H,17H2,1-2H3,(H2,28,29)(H2,30,31,34);1H. The van der Waals surface area contributed by atoms with Crippen molar-refractivity contribution in [2.45, 2.75) is 6.54 Å². The summed E-state index contributed by atoms with van der Waals surface area (Å²) in [5.41, 5.74) is 11.8. The summed E-state index contributed by atoms with van der Waals surface area (Å²) in [6.07, 6.45) is 4.02. The molecule has 0 spiro atoms. The minimum absolute atomic E-state index is 0. The molecule has 4 N–H and O–H groups in total. The second-order valence-corrected chi connectivity index (χ2v) is 8.38. The Balaban J connectivity index is 0.00000289. The first-order valence-corrected chi connectivity index (χ1v) is 11.0. The summed E-state index contributed by atoms with van der Waals surface area (Å²) in [7, 11) is 4.01. The minimum Gasteiger partial charge on any atom is -0.383 e. The van der Waals surface area contributed by atoms with E-state index in [1.54, 1.807) is 0 Å². The third-order valence-electron chi connectivity index (χ3n) is 5.94. The maximum atomic E-state index is 12.5. The van der Waals surface area contributed by atoms with E-state index in [1.807, 2.05) is 97.8 Å². The van der Waals surface area contributed by atoms with Gasteiger partial charge in [0.15, 0.2) is 0 Å². The Kier molecular flexibility index (Phi) is 7.11. The second kappa shape index (κ2) is 10.2. The average Bonchev–Trinajstić information content (AvgIpc) is 3.39. The van der Waals surface area contributed by atoms with Crippen molar-refractivity contribution in [2.24, 2.45) is 24.8 Å². The van der Waals surface area contributed by atoms with Gasteiger partial charge >= 0.3 is 6.03 Å². The van der Waals surface area contributed by atoms with E-state index in [-0.39, 0.29) is 30.0 Å². The number of aryl methyl sites for hydroxylation is 2. The van der Waals surface area contributed by atoms with Crippen LogP contribution in [-0.4, -0.2) is 21.0 Å². The third-order valence-corrected chi connectivity index (χ3v) is 5.94. The number of urea groups is 1. The number of carbonyl (C=O) groups excluding carboxylic acids is 1. The quantitative estimate of drug-likeness (QED) is 0.139. The lowest BCUT2D eigenvalue weighted by Gasteiger charge is -2.09. The molecular formula is C27H27IN6O. The van der Waals surface area contributed by atoms with Crippen molar-refractivity contribution in [3.05, 3.63) is 96.3 Å². The van der Waals surface area contributed by atoms with E-state index in [4.69, 9.17) is 5.73 Å². The molecule has 7 nitrogen and oxygen atoms in total. The highest BCUT2D eigenvalue weighted by Crippen LogP contribution is 2.20. The largest absolute Gasteiger partial charge is 0.383 e. The second-order valence-electron chi connectivity index (χ2n) is 8.38. The van der Waals surface area contributed by atoms with Crippen LogP contribution in [0.5, 0.6) is 0 Å². The number of nitrogens with two attached hydrogens (primary N) is 1. The third kappa shape index (κ3) is 5.32. The topological polar surface area (TPSA) is 89.4 Å². The van der Waals surface area contributed by atoms with Crippen molar-refractivity contribution in [1.82, 2.24) is 9.13 Å². The van der Waals surface area contributed by atoms with Crippen LogP contribution in [-0.2, 0) is 20.6 Å². The van der Waals surface area contributed by atoms with E-state index in [1.165, 1.54) is 0 Å². The van der Waals surface area contributed by atoms with E-state index in [9.17, 15) is 4.79 Å². The normalized spacial score (nSPS) is 11.4. The zero-order valence-electron chi connectivity index (χ0n) is 19.5. The maximum Gasteiger partial charge on any atom is 0.323 e. The Morgan fingerprint density at radius 3 is 2.17 bits per heavy atom. The summed E-state index contributed by atoms with van der Waals surface area (Å²) in [5, 5.41) is 7.98. The number of aliphatic imine (C=N–C) groups is 1. The number of amidine groups is 1. The highest BCUT2D eigenvalue weighted by molar-refractivity contribution is 14.0. The molecule has 0 radical (unpaired) electrons. The number of hydrogen-bond acceptors (Lipinski definition) is 2. The van der Waals surface area contributed by atoms with E-state index in [0.29, 0.717) is 18.1 Å². The Bertz CT molecular complexity index is 1550. The van der Waals surface area contributed by atoms with Crippen LogP contribution >= 0.6 is 24.0 Å². The highest BCUT2D eigenvalue weighted by atomic mass is 127. The van der Waals surface area contributed by atoms with Gasteiger partial charge in [-0.3, -0.25) is 4.99 Å². The van der Waals surface area contributed by atoms with Crippen molar-refractivity contribution >= 4 is 69.0 Å². The molecule has 178 valence electrons. The lowest BCUT2D eigenvalue weighted by molar-refractivity contribution is 0.262. The van der Waals surface area contributed by atoms with Crippen LogP contribution in [0.1, 0.15) is 11.1 Å². The molecule has 35 heavy (non-hydrogen) atoms. The van der Waals surface area contributed by atoms with Crippen LogP contribution in [0, 0.1) is 0 Å². The van der Waals surface area contributed by atoms with Crippen molar-refractivity contribution < 1.29 is 4.79 Å². The number of amides is 2. The predicted molar refractivity (Wildman–Crippen MR) is 155 cm³/mol. The van der Waals surface area contributed by atoms with Crippen LogP contribution in [0.4, 0.5) is 16.2 Å². The van der Waals surface area contributed by atoms with Gasteiger partial charge in [-0.2, -0.15) is 0 Å². The summed E-state index contributed by atoms with van der Waals surface area (Å²) in [4.78, 5) is 17.1. The number of benzene rings is 3. The Hall–Kier alpha value is -3.79. The fourth-order valence-electron chi connectivity index (χ4n) is 4.11. The SMILES string of the molecule is Cn1ccc2cc(NC(=O)Nc3cccc(CN=C(N)c4ccc5c(ccn5C)c4)c3)ccc21.I. The van der Waals surface area contributed by atoms with E-state index >= 15 is 0 Å². The van der Waals surface area contributed by atoms with Gasteiger partial charge < -0.3 is 25.5 Å². The number of nitrogens with zero attached hydrogens (tertiary/aromatic N) is 3. The molecule has 2 amide bonds. The molecule has 0 aliphatic rings. The van der Waals surface area contributed by atoms with Gasteiger partial charge in [-0.15, -0.1) is 24.0 Å². The van der Waals surface area contributed by atoms with Gasteiger partial charge in [0.1, 0.15) is 5.84 Å². The molecule has 0 atom stereocenters. The number of anilines is 2. The van der Waals surface area contributed by atoms with Gasteiger partial charge in [0, 0.05) is 65.2 Å². The number of hydrogen-bond donors (Lipinski definition) is 3. The summed E-state index contributed by atoms with van der Waals surface area (Å²) in [6, 6.07) is 23.3. The Labute approximate surface area is 220 Å². The molecular weight excluding hydrogens is 551 g/mol. The number of nitrogens with one attached hydrogen (secondary N) is 2. The summed E-state index contributed by atoms with van der Waals surface area (Å²) >= 11 is 0. The lowest BCUT2D eigenvalue weighted by Crippen LogP contribution is -2.19. The highest BCUT2D eigenvalue weighted by Gasteiger charge is 2.07. The van der Waals surface area contributed by atoms with Gasteiger partial charge in [-0.1, -0.05) is 12.1 Å².